The van der Waals surface area contributed by atoms with E-state index < -0.39 is 12.2 Å². The molecule has 0 saturated carbocycles. The zero-order valence-electron chi connectivity index (χ0n) is 11.7. The van der Waals surface area contributed by atoms with Crippen molar-refractivity contribution < 1.29 is 9.53 Å². The maximum absolute atomic E-state index is 11.9. The molecular weight excluding hydrogens is 330 g/mol. The number of nitrogens with zero attached hydrogens (tertiary/aromatic N) is 3. The van der Waals surface area contributed by atoms with Crippen LogP contribution in [-0.4, -0.2) is 41.3 Å². The number of halogens is 1. The fourth-order valence-electron chi connectivity index (χ4n) is 1.67. The Labute approximate surface area is 136 Å². The smallest absolute Gasteiger partial charge is 0.410 e. The minimum atomic E-state index is -0.623. The standard InChI is InChI=1S/C13H14ClN3O2S2/c1-17(2)13(18)19-10(8-4-5-21-11(8)14)9-6-15-7-16-12(9)20-3/h4-7,10H,1-3H3. The predicted octanol–water partition coefficient (Wildman–Crippen LogP) is 3.70. The molecule has 2 aromatic rings. The van der Waals surface area contributed by atoms with Gasteiger partial charge in [-0.05, 0) is 17.7 Å². The number of rotatable bonds is 4. The molecule has 0 aliphatic rings. The van der Waals surface area contributed by atoms with Crippen LogP contribution >= 0.6 is 34.7 Å². The van der Waals surface area contributed by atoms with E-state index in [1.807, 2.05) is 17.7 Å². The summed E-state index contributed by atoms with van der Waals surface area (Å²) in [7, 11) is 3.26. The Hall–Kier alpha value is -1.31. The molecule has 1 unspecified atom stereocenters. The first-order valence-electron chi connectivity index (χ1n) is 5.99. The summed E-state index contributed by atoms with van der Waals surface area (Å²) in [6.07, 6.45) is 3.96. The van der Waals surface area contributed by atoms with Gasteiger partial charge in [-0.1, -0.05) is 11.6 Å². The molecule has 5 nitrogen and oxygen atoms in total. The number of carbonyl (C=O) groups is 1. The average Bonchev–Trinajstić information content (AvgIpc) is 2.90. The van der Waals surface area contributed by atoms with Gasteiger partial charge in [0.05, 0.1) is 0 Å². The van der Waals surface area contributed by atoms with Crippen LogP contribution in [0.25, 0.3) is 0 Å². The van der Waals surface area contributed by atoms with Crippen LogP contribution in [-0.2, 0) is 4.74 Å². The number of hydrogen-bond donors (Lipinski definition) is 0. The summed E-state index contributed by atoms with van der Waals surface area (Å²) in [5.74, 6) is 0. The summed E-state index contributed by atoms with van der Waals surface area (Å²) in [5.41, 5.74) is 1.46. The Morgan fingerprint density at radius 1 is 1.48 bits per heavy atom. The van der Waals surface area contributed by atoms with E-state index >= 15 is 0 Å². The average molecular weight is 344 g/mol. The first-order valence-corrected chi connectivity index (χ1v) is 8.47. The van der Waals surface area contributed by atoms with Gasteiger partial charge in [0.25, 0.3) is 0 Å². The Balaban J connectivity index is 2.45. The van der Waals surface area contributed by atoms with Crippen molar-refractivity contribution in [2.75, 3.05) is 20.4 Å². The van der Waals surface area contributed by atoms with Gasteiger partial charge >= 0.3 is 6.09 Å². The predicted molar refractivity (Wildman–Crippen MR) is 85.2 cm³/mol. The molecule has 2 rings (SSSR count). The number of ether oxygens (including phenoxy) is 1. The molecule has 0 spiro atoms. The Bertz CT molecular complexity index is 633. The zero-order chi connectivity index (χ0) is 15.4. The monoisotopic (exact) mass is 343 g/mol. The normalized spacial score (nSPS) is 12.0. The topological polar surface area (TPSA) is 55.3 Å². The van der Waals surface area contributed by atoms with Crippen LogP contribution in [0.5, 0.6) is 0 Å². The Kier molecular flexibility index (Phi) is 5.44. The molecule has 1 atom stereocenters. The maximum atomic E-state index is 11.9. The SMILES string of the molecule is CSc1ncncc1C(OC(=O)N(C)C)c1ccsc1Cl. The summed E-state index contributed by atoms with van der Waals surface area (Å²) in [6.45, 7) is 0. The van der Waals surface area contributed by atoms with Gasteiger partial charge < -0.3 is 9.64 Å². The molecule has 21 heavy (non-hydrogen) atoms. The van der Waals surface area contributed by atoms with Crippen LogP contribution < -0.4 is 0 Å². The van der Waals surface area contributed by atoms with Gasteiger partial charge in [-0.3, -0.25) is 0 Å². The number of amides is 1. The second kappa shape index (κ2) is 7.11. The van der Waals surface area contributed by atoms with Crippen molar-refractivity contribution in [3.05, 3.63) is 39.4 Å². The molecule has 0 aliphatic heterocycles. The highest BCUT2D eigenvalue weighted by molar-refractivity contribution is 7.98. The summed E-state index contributed by atoms with van der Waals surface area (Å²) in [4.78, 5) is 21.6. The molecule has 0 N–H and O–H groups in total. The van der Waals surface area contributed by atoms with Gasteiger partial charge in [0.2, 0.25) is 0 Å². The largest absolute Gasteiger partial charge is 0.436 e. The lowest BCUT2D eigenvalue weighted by molar-refractivity contribution is 0.0898. The van der Waals surface area contributed by atoms with Crippen molar-refractivity contribution >= 4 is 40.8 Å². The van der Waals surface area contributed by atoms with Crippen molar-refractivity contribution in [3.8, 4) is 0 Å². The third-order valence-corrected chi connectivity index (χ3v) is 4.62. The van der Waals surface area contributed by atoms with Crippen LogP contribution in [0.3, 0.4) is 0 Å². The molecule has 2 heterocycles. The molecule has 1 amide bonds. The van der Waals surface area contributed by atoms with E-state index in [1.54, 1.807) is 20.3 Å². The number of hydrogen-bond acceptors (Lipinski definition) is 6. The van der Waals surface area contributed by atoms with E-state index in [9.17, 15) is 4.79 Å². The summed E-state index contributed by atoms with van der Waals surface area (Å²) >= 11 is 9.06. The highest BCUT2D eigenvalue weighted by Gasteiger charge is 2.26. The number of thioether (sulfide) groups is 1. The van der Waals surface area contributed by atoms with Gasteiger partial charge in [-0.25, -0.2) is 14.8 Å². The molecule has 0 aliphatic carbocycles. The molecule has 0 fully saturated rings. The first-order chi connectivity index (χ1) is 10.0. The van der Waals surface area contributed by atoms with Crippen molar-refractivity contribution in [1.82, 2.24) is 14.9 Å². The lowest BCUT2D eigenvalue weighted by Crippen LogP contribution is -2.25. The first kappa shape index (κ1) is 16.1. The van der Waals surface area contributed by atoms with Gasteiger partial charge in [0.1, 0.15) is 15.7 Å². The van der Waals surface area contributed by atoms with Gasteiger partial charge in [0.15, 0.2) is 6.10 Å². The van der Waals surface area contributed by atoms with Crippen LogP contribution in [0.2, 0.25) is 4.34 Å². The van der Waals surface area contributed by atoms with Crippen LogP contribution in [0.15, 0.2) is 29.0 Å². The second-order valence-corrected chi connectivity index (χ2v) is 6.61. The number of aromatic nitrogens is 2. The van der Waals surface area contributed by atoms with E-state index in [2.05, 4.69) is 9.97 Å². The summed E-state index contributed by atoms with van der Waals surface area (Å²) in [6, 6.07) is 1.84. The molecule has 112 valence electrons. The van der Waals surface area contributed by atoms with Crippen LogP contribution in [0, 0.1) is 0 Å². The van der Waals surface area contributed by atoms with Crippen molar-refractivity contribution in [3.63, 3.8) is 0 Å². The van der Waals surface area contributed by atoms with Crippen LogP contribution in [0.1, 0.15) is 17.2 Å². The van der Waals surface area contributed by atoms with E-state index in [0.717, 1.165) is 16.2 Å². The highest BCUT2D eigenvalue weighted by Crippen LogP contribution is 2.37. The third-order valence-electron chi connectivity index (χ3n) is 2.69. The number of carbonyl (C=O) groups excluding carboxylic acids is 1. The van der Waals surface area contributed by atoms with Crippen molar-refractivity contribution in [1.29, 1.82) is 0 Å². The fraction of sp³-hybridized carbons (Fsp3) is 0.308. The summed E-state index contributed by atoms with van der Waals surface area (Å²) < 4.78 is 6.17. The van der Waals surface area contributed by atoms with Crippen molar-refractivity contribution in [2.45, 2.75) is 11.1 Å². The third kappa shape index (κ3) is 3.66. The lowest BCUT2D eigenvalue weighted by atomic mass is 10.1. The van der Waals surface area contributed by atoms with E-state index in [0.29, 0.717) is 4.34 Å². The molecule has 0 aromatic carbocycles. The quantitative estimate of drug-likeness (QED) is 0.625. The lowest BCUT2D eigenvalue weighted by Gasteiger charge is -2.21. The minimum absolute atomic E-state index is 0.446. The van der Waals surface area contributed by atoms with E-state index in [1.165, 1.54) is 34.3 Å². The minimum Gasteiger partial charge on any atom is -0.436 e. The highest BCUT2D eigenvalue weighted by atomic mass is 35.5. The molecule has 0 saturated heterocycles. The maximum Gasteiger partial charge on any atom is 0.410 e. The van der Waals surface area contributed by atoms with Gasteiger partial charge in [0, 0.05) is 31.4 Å². The van der Waals surface area contributed by atoms with E-state index in [-0.39, 0.29) is 0 Å². The van der Waals surface area contributed by atoms with Gasteiger partial charge in [-0.15, -0.1) is 23.1 Å². The Morgan fingerprint density at radius 2 is 2.24 bits per heavy atom. The zero-order valence-corrected chi connectivity index (χ0v) is 14.1. The molecule has 0 bridgehead atoms. The molecule has 0 radical (unpaired) electrons. The molecule has 2 aromatic heterocycles. The fourth-order valence-corrected chi connectivity index (χ4v) is 3.18. The summed E-state index contributed by atoms with van der Waals surface area (Å²) in [5, 5.41) is 2.61. The number of thiophene rings is 1. The van der Waals surface area contributed by atoms with Crippen LogP contribution in [0.4, 0.5) is 4.79 Å². The molecule has 8 heteroatoms. The van der Waals surface area contributed by atoms with Gasteiger partial charge in [-0.2, -0.15) is 0 Å². The molecular formula is C13H14ClN3O2S2. The van der Waals surface area contributed by atoms with Crippen molar-refractivity contribution in [2.24, 2.45) is 0 Å². The Morgan fingerprint density at radius 3 is 2.81 bits per heavy atom. The second-order valence-electron chi connectivity index (χ2n) is 4.30. The van der Waals surface area contributed by atoms with E-state index in [4.69, 9.17) is 16.3 Å².